The summed E-state index contributed by atoms with van der Waals surface area (Å²) >= 11 is 0. The third kappa shape index (κ3) is 4.96. The predicted molar refractivity (Wildman–Crippen MR) is 110 cm³/mol. The fourth-order valence-electron chi connectivity index (χ4n) is 2.41. The van der Waals surface area contributed by atoms with Crippen LogP contribution in [0.25, 0.3) is 0 Å². The number of aromatic nitrogens is 2. The maximum Gasteiger partial charge on any atom is 0.270 e. The molecule has 1 aromatic heterocycles. The molecule has 0 amide bonds. The van der Waals surface area contributed by atoms with E-state index in [1.165, 1.54) is 18.2 Å². The Morgan fingerprint density at radius 3 is 2.38 bits per heavy atom. The van der Waals surface area contributed by atoms with E-state index < -0.39 is 14.9 Å². The summed E-state index contributed by atoms with van der Waals surface area (Å²) in [6, 6.07) is 13.2. The van der Waals surface area contributed by atoms with Gasteiger partial charge < -0.3 is 10.2 Å². The van der Waals surface area contributed by atoms with E-state index in [0.717, 1.165) is 11.8 Å². The maximum atomic E-state index is 12.5. The van der Waals surface area contributed by atoms with E-state index in [9.17, 15) is 18.5 Å². The van der Waals surface area contributed by atoms with Crippen LogP contribution in [0.3, 0.4) is 0 Å². The van der Waals surface area contributed by atoms with E-state index in [-0.39, 0.29) is 10.6 Å². The molecular weight excluding hydrogens is 396 g/mol. The van der Waals surface area contributed by atoms with Gasteiger partial charge in [-0.05, 0) is 30.3 Å². The Morgan fingerprint density at radius 2 is 1.72 bits per heavy atom. The first-order valence-corrected chi connectivity index (χ1v) is 9.87. The molecule has 11 heteroatoms. The number of non-ortho nitro benzene ring substituents is 1. The molecule has 0 spiro atoms. The highest BCUT2D eigenvalue weighted by Crippen LogP contribution is 2.23. The lowest BCUT2D eigenvalue weighted by atomic mass is 10.3. The van der Waals surface area contributed by atoms with Gasteiger partial charge in [0.05, 0.1) is 21.7 Å². The van der Waals surface area contributed by atoms with Crippen molar-refractivity contribution in [1.29, 1.82) is 0 Å². The smallest absolute Gasteiger partial charge is 0.270 e. The largest absolute Gasteiger partial charge is 0.376 e. The highest BCUT2D eigenvalue weighted by Gasteiger charge is 2.17. The molecule has 0 radical (unpaired) electrons. The first kappa shape index (κ1) is 20.0. The molecule has 0 saturated carbocycles. The number of sulfonamides is 1. The Hall–Kier alpha value is -3.73. The second kappa shape index (κ2) is 8.10. The van der Waals surface area contributed by atoms with Gasteiger partial charge in [-0.25, -0.2) is 8.42 Å². The van der Waals surface area contributed by atoms with Crippen LogP contribution in [0.4, 0.5) is 28.6 Å². The van der Waals surface area contributed by atoms with Gasteiger partial charge in [0.1, 0.15) is 0 Å². The minimum absolute atomic E-state index is 0.190. The second-order valence-corrected chi connectivity index (χ2v) is 7.94. The quantitative estimate of drug-likeness (QED) is 0.446. The fraction of sp³-hybridized carbons (Fsp3) is 0.111. The molecule has 3 rings (SSSR count). The summed E-state index contributed by atoms with van der Waals surface area (Å²) in [6.45, 7) is 0. The number of anilines is 4. The third-order valence-corrected chi connectivity index (χ3v) is 5.28. The van der Waals surface area contributed by atoms with E-state index in [1.807, 2.05) is 25.1 Å². The lowest BCUT2D eigenvalue weighted by Gasteiger charge is -2.13. The molecule has 0 bridgehead atoms. The maximum absolute atomic E-state index is 12.5. The molecule has 0 aliphatic rings. The summed E-state index contributed by atoms with van der Waals surface area (Å²) in [4.78, 5) is 11.9. The highest BCUT2D eigenvalue weighted by molar-refractivity contribution is 7.92. The van der Waals surface area contributed by atoms with Gasteiger partial charge in [-0.2, -0.15) is 5.10 Å². The zero-order valence-electron chi connectivity index (χ0n) is 15.6. The first-order valence-electron chi connectivity index (χ1n) is 8.39. The number of nitrogens with one attached hydrogen (secondary N) is 2. The Balaban J connectivity index is 1.74. The third-order valence-electron chi connectivity index (χ3n) is 3.90. The summed E-state index contributed by atoms with van der Waals surface area (Å²) in [7, 11) is -0.175. The van der Waals surface area contributed by atoms with Crippen LogP contribution in [-0.2, 0) is 10.0 Å². The van der Waals surface area contributed by atoms with Gasteiger partial charge in [-0.1, -0.05) is 6.07 Å². The SMILES string of the molecule is CN(C)c1cnnc(Nc2ccc(NS(=O)(=O)c3cccc([N+](=O)[O-])c3)cc2)c1. The van der Waals surface area contributed by atoms with Gasteiger partial charge in [0.15, 0.2) is 5.82 Å². The van der Waals surface area contributed by atoms with Gasteiger partial charge in [0.2, 0.25) is 0 Å². The summed E-state index contributed by atoms with van der Waals surface area (Å²) in [6.07, 6.45) is 1.64. The summed E-state index contributed by atoms with van der Waals surface area (Å²) in [5.41, 5.74) is 1.58. The number of hydrogen-bond acceptors (Lipinski definition) is 8. The van der Waals surface area contributed by atoms with Gasteiger partial charge in [-0.3, -0.25) is 14.8 Å². The standard InChI is InChI=1S/C18H18N6O4S/c1-23(2)16-11-18(21-19-12-16)20-13-6-8-14(9-7-13)22-29(27,28)17-5-3-4-15(10-17)24(25)26/h3-12,22H,1-2H3,(H,20,21). The van der Waals surface area contributed by atoms with E-state index in [2.05, 4.69) is 20.2 Å². The van der Waals surface area contributed by atoms with E-state index in [0.29, 0.717) is 17.2 Å². The minimum atomic E-state index is -3.96. The number of hydrogen-bond donors (Lipinski definition) is 2. The van der Waals surface area contributed by atoms with Crippen LogP contribution in [-0.4, -0.2) is 37.6 Å². The normalized spacial score (nSPS) is 11.0. The molecular formula is C18H18N6O4S. The Morgan fingerprint density at radius 1 is 1.03 bits per heavy atom. The van der Waals surface area contributed by atoms with Crippen LogP contribution in [0.1, 0.15) is 0 Å². The molecule has 3 aromatic rings. The van der Waals surface area contributed by atoms with Crippen LogP contribution >= 0.6 is 0 Å². The minimum Gasteiger partial charge on any atom is -0.376 e. The van der Waals surface area contributed by atoms with Gasteiger partial charge in [0.25, 0.3) is 15.7 Å². The van der Waals surface area contributed by atoms with Gasteiger partial charge >= 0.3 is 0 Å². The topological polar surface area (TPSA) is 130 Å². The van der Waals surface area contributed by atoms with E-state index in [1.54, 1.807) is 30.5 Å². The van der Waals surface area contributed by atoms with E-state index in [4.69, 9.17) is 0 Å². The van der Waals surface area contributed by atoms with Crippen molar-refractivity contribution in [3.05, 3.63) is 70.9 Å². The zero-order valence-corrected chi connectivity index (χ0v) is 16.4. The average molecular weight is 414 g/mol. The monoisotopic (exact) mass is 414 g/mol. The molecule has 0 aliphatic carbocycles. The second-order valence-electron chi connectivity index (χ2n) is 6.26. The summed E-state index contributed by atoms with van der Waals surface area (Å²) in [5, 5.41) is 21.9. The Labute approximate surface area is 167 Å². The van der Waals surface area contributed by atoms with Crippen molar-refractivity contribution in [2.45, 2.75) is 4.90 Å². The molecule has 10 nitrogen and oxygen atoms in total. The Kier molecular flexibility index (Phi) is 5.59. The van der Waals surface area contributed by atoms with Crippen LogP contribution in [0.5, 0.6) is 0 Å². The van der Waals surface area contributed by atoms with E-state index >= 15 is 0 Å². The average Bonchev–Trinajstić information content (AvgIpc) is 2.69. The van der Waals surface area contributed by atoms with Crippen LogP contribution < -0.4 is 14.9 Å². The predicted octanol–water partition coefficient (Wildman–Crippen LogP) is 3.00. The molecule has 0 saturated heterocycles. The van der Waals surface area contributed by atoms with Crippen LogP contribution in [0.15, 0.2) is 65.7 Å². The van der Waals surface area contributed by atoms with Crippen molar-refractivity contribution in [2.24, 2.45) is 0 Å². The van der Waals surface area contributed by atoms with Crippen molar-refractivity contribution < 1.29 is 13.3 Å². The van der Waals surface area contributed by atoms with Crippen molar-refractivity contribution >= 4 is 38.6 Å². The molecule has 0 aliphatic heterocycles. The van der Waals surface area contributed by atoms with Crippen molar-refractivity contribution in [3.8, 4) is 0 Å². The van der Waals surface area contributed by atoms with Crippen molar-refractivity contribution in [3.63, 3.8) is 0 Å². The summed E-state index contributed by atoms with van der Waals surface area (Å²) in [5.74, 6) is 0.543. The lowest BCUT2D eigenvalue weighted by Crippen LogP contribution is -2.13. The molecule has 29 heavy (non-hydrogen) atoms. The number of nitrogens with zero attached hydrogens (tertiary/aromatic N) is 4. The fourth-order valence-corrected chi connectivity index (χ4v) is 3.51. The van der Waals surface area contributed by atoms with Gasteiger partial charge in [-0.15, -0.1) is 5.10 Å². The first-order chi connectivity index (χ1) is 13.7. The van der Waals surface area contributed by atoms with Crippen LogP contribution in [0.2, 0.25) is 0 Å². The lowest BCUT2D eigenvalue weighted by molar-refractivity contribution is -0.385. The molecule has 150 valence electrons. The molecule has 0 atom stereocenters. The molecule has 0 fully saturated rings. The molecule has 1 heterocycles. The van der Waals surface area contributed by atoms with Crippen molar-refractivity contribution in [2.75, 3.05) is 29.0 Å². The number of nitro benzene ring substituents is 1. The van der Waals surface area contributed by atoms with Gasteiger partial charge in [0, 0.05) is 43.7 Å². The molecule has 2 N–H and O–H groups in total. The number of rotatable bonds is 7. The molecule has 0 unspecified atom stereocenters. The van der Waals surface area contributed by atoms with Crippen LogP contribution in [0, 0.1) is 10.1 Å². The number of benzene rings is 2. The highest BCUT2D eigenvalue weighted by atomic mass is 32.2. The number of nitro groups is 1. The van der Waals surface area contributed by atoms with Crippen molar-refractivity contribution in [1.82, 2.24) is 10.2 Å². The summed E-state index contributed by atoms with van der Waals surface area (Å²) < 4.78 is 27.4. The Bertz CT molecular complexity index is 1130. The molecule has 2 aromatic carbocycles. The zero-order chi connectivity index (χ0) is 21.0.